The summed E-state index contributed by atoms with van der Waals surface area (Å²) < 4.78 is 1.56. The lowest BCUT2D eigenvalue weighted by Crippen LogP contribution is -2.23. The number of hydrogen-bond acceptors (Lipinski definition) is 9. The van der Waals surface area contributed by atoms with Crippen LogP contribution in [0.1, 0.15) is 23.3 Å². The normalized spacial score (nSPS) is 12.8. The van der Waals surface area contributed by atoms with E-state index >= 15 is 0 Å². The van der Waals surface area contributed by atoms with Gasteiger partial charge in [-0.25, -0.2) is 9.97 Å². The molecule has 0 radical (unpaired) electrons. The number of halogens is 1. The van der Waals surface area contributed by atoms with Gasteiger partial charge < -0.3 is 5.32 Å². The number of non-ortho nitro benzene ring substituents is 1. The molecule has 40 heavy (non-hydrogen) atoms. The minimum atomic E-state index is -0.462. The van der Waals surface area contributed by atoms with E-state index in [0.29, 0.717) is 42.5 Å². The molecule has 0 aliphatic heterocycles. The lowest BCUT2D eigenvalue weighted by molar-refractivity contribution is -0.384. The first kappa shape index (κ1) is 26.6. The summed E-state index contributed by atoms with van der Waals surface area (Å²) in [6.07, 6.45) is 3.98. The van der Waals surface area contributed by atoms with Gasteiger partial charge in [-0.15, -0.1) is 22.7 Å². The van der Waals surface area contributed by atoms with Crippen molar-refractivity contribution in [3.63, 3.8) is 0 Å². The Morgan fingerprint density at radius 2 is 1.95 bits per heavy atom. The van der Waals surface area contributed by atoms with Crippen LogP contribution in [-0.2, 0) is 17.6 Å². The molecule has 13 heteroatoms. The molecule has 6 rings (SSSR count). The molecule has 0 atom stereocenters. The number of carbonyl (C=O) groups excluding carboxylic acids is 1. The first-order valence-corrected chi connectivity index (χ1v) is 15.4. The van der Waals surface area contributed by atoms with E-state index < -0.39 is 4.92 Å². The third-order valence-electron chi connectivity index (χ3n) is 6.48. The fourth-order valence-corrected chi connectivity index (χ4v) is 7.61. The van der Waals surface area contributed by atoms with Crippen LogP contribution >= 0.6 is 46.0 Å². The zero-order valence-corrected chi connectivity index (χ0v) is 24.0. The minimum Gasteiger partial charge on any atom is -0.301 e. The number of aryl methyl sites for hydroxylation is 2. The second-order valence-electron chi connectivity index (χ2n) is 9.08. The van der Waals surface area contributed by atoms with Crippen LogP contribution in [0.25, 0.3) is 27.2 Å². The number of nitrogens with one attached hydrogen (secondary N) is 1. The largest absolute Gasteiger partial charge is 0.301 e. The summed E-state index contributed by atoms with van der Waals surface area (Å²) in [5.41, 5.74) is 2.67. The molecule has 5 aromatic rings. The number of thiazole rings is 1. The third kappa shape index (κ3) is 5.27. The molecule has 1 aliphatic carbocycles. The molecule has 0 bridgehead atoms. The number of anilines is 1. The Morgan fingerprint density at radius 1 is 1.15 bits per heavy atom. The average Bonchev–Trinajstić information content (AvgIpc) is 3.57. The van der Waals surface area contributed by atoms with Crippen LogP contribution in [0, 0.1) is 10.1 Å². The van der Waals surface area contributed by atoms with Crippen molar-refractivity contribution in [1.82, 2.24) is 14.5 Å². The highest BCUT2D eigenvalue weighted by Gasteiger charge is 2.23. The van der Waals surface area contributed by atoms with Gasteiger partial charge in [-0.3, -0.25) is 24.3 Å². The van der Waals surface area contributed by atoms with Gasteiger partial charge in [-0.2, -0.15) is 0 Å². The number of aromatic nitrogens is 3. The molecule has 0 unspecified atom stereocenters. The maximum absolute atomic E-state index is 13.8. The van der Waals surface area contributed by atoms with Crippen LogP contribution in [0.2, 0.25) is 5.02 Å². The summed E-state index contributed by atoms with van der Waals surface area (Å²) in [5, 5.41) is 17.6. The van der Waals surface area contributed by atoms with Gasteiger partial charge in [0.05, 0.1) is 27.4 Å². The molecule has 0 saturated heterocycles. The van der Waals surface area contributed by atoms with E-state index in [2.05, 4.69) is 10.3 Å². The quantitative estimate of drug-likeness (QED) is 0.0938. The molecule has 9 nitrogen and oxygen atoms in total. The Kier molecular flexibility index (Phi) is 7.41. The van der Waals surface area contributed by atoms with Crippen LogP contribution in [-0.4, -0.2) is 31.1 Å². The number of nitro groups is 1. The Balaban J connectivity index is 1.26. The summed E-state index contributed by atoms with van der Waals surface area (Å²) in [6.45, 7) is 0. The molecule has 202 valence electrons. The monoisotopic (exact) mass is 609 g/mol. The predicted molar refractivity (Wildman–Crippen MR) is 160 cm³/mol. The van der Waals surface area contributed by atoms with E-state index in [1.807, 2.05) is 0 Å². The van der Waals surface area contributed by atoms with Crippen molar-refractivity contribution >= 4 is 73.0 Å². The SMILES string of the molecule is O=C(CSc1nc2sc3c(c2c(=O)n1-c1ccc(Cl)cc1)CCCC3)Nc1nc(-c2cccc([N+](=O)[O-])c2)cs1. The van der Waals surface area contributed by atoms with Gasteiger partial charge in [-0.05, 0) is 55.5 Å². The van der Waals surface area contributed by atoms with Crippen molar-refractivity contribution < 1.29 is 9.72 Å². The minimum absolute atomic E-state index is 0.00233. The number of hydrogen-bond donors (Lipinski definition) is 1. The molecule has 3 aromatic heterocycles. The Bertz CT molecular complexity index is 1830. The number of rotatable bonds is 7. The van der Waals surface area contributed by atoms with Crippen LogP contribution in [0.15, 0.2) is 63.9 Å². The molecule has 3 heterocycles. The zero-order valence-electron chi connectivity index (χ0n) is 20.8. The number of carbonyl (C=O) groups is 1. The molecule has 1 amide bonds. The molecule has 0 saturated carbocycles. The number of thiophene rings is 1. The smallest absolute Gasteiger partial charge is 0.270 e. The number of benzene rings is 2. The van der Waals surface area contributed by atoms with Gasteiger partial charge in [0.15, 0.2) is 10.3 Å². The molecule has 0 fully saturated rings. The fourth-order valence-electron chi connectivity index (χ4n) is 4.63. The summed E-state index contributed by atoms with van der Waals surface area (Å²) in [4.78, 5) is 48.5. The second kappa shape index (κ2) is 11.1. The molecule has 0 spiro atoms. The van der Waals surface area contributed by atoms with Crippen molar-refractivity contribution in [2.75, 3.05) is 11.1 Å². The number of thioether (sulfide) groups is 1. The maximum Gasteiger partial charge on any atom is 0.270 e. The summed E-state index contributed by atoms with van der Waals surface area (Å²) in [5.74, 6) is -0.310. The van der Waals surface area contributed by atoms with Crippen molar-refractivity contribution in [3.05, 3.63) is 89.8 Å². The van der Waals surface area contributed by atoms with Gasteiger partial charge in [0.2, 0.25) is 5.91 Å². The zero-order chi connectivity index (χ0) is 27.8. The van der Waals surface area contributed by atoms with Gasteiger partial charge >= 0.3 is 0 Å². The number of nitrogens with zero attached hydrogens (tertiary/aromatic N) is 4. The van der Waals surface area contributed by atoms with E-state index in [1.165, 1.54) is 40.1 Å². The second-order valence-corrected chi connectivity index (χ2v) is 12.4. The van der Waals surface area contributed by atoms with Crippen molar-refractivity contribution in [3.8, 4) is 16.9 Å². The van der Waals surface area contributed by atoms with Crippen molar-refractivity contribution in [2.24, 2.45) is 0 Å². The maximum atomic E-state index is 13.8. The van der Waals surface area contributed by atoms with Crippen LogP contribution in [0.5, 0.6) is 0 Å². The van der Waals surface area contributed by atoms with Crippen molar-refractivity contribution in [1.29, 1.82) is 0 Å². The fraction of sp³-hybridized carbons (Fsp3) is 0.185. The molecule has 2 aromatic carbocycles. The Morgan fingerprint density at radius 3 is 2.75 bits per heavy atom. The average molecular weight is 610 g/mol. The van der Waals surface area contributed by atoms with E-state index in [1.54, 1.807) is 57.7 Å². The lowest BCUT2D eigenvalue weighted by Gasteiger charge is -2.13. The lowest BCUT2D eigenvalue weighted by atomic mass is 9.97. The highest BCUT2D eigenvalue weighted by Crippen LogP contribution is 2.35. The summed E-state index contributed by atoms with van der Waals surface area (Å²) in [7, 11) is 0. The standard InChI is InChI=1S/C27H20ClN5O4S3/c28-16-8-10-17(11-9-16)32-25(35)23-19-6-1-2-7-21(19)40-24(23)31-27(32)39-14-22(34)30-26-29-20(13-38-26)15-4-3-5-18(12-15)33(36)37/h3-5,8-13H,1-2,6-7,14H2,(H,29,30,34). The van der Waals surface area contributed by atoms with E-state index in [0.717, 1.165) is 31.2 Å². The van der Waals surface area contributed by atoms with Crippen LogP contribution < -0.4 is 10.9 Å². The molecular weight excluding hydrogens is 590 g/mol. The van der Waals surface area contributed by atoms with E-state index in [-0.39, 0.29) is 22.9 Å². The molecular formula is C27H20ClN5O4S3. The van der Waals surface area contributed by atoms with Gasteiger partial charge in [-0.1, -0.05) is 35.5 Å². The molecule has 1 aliphatic rings. The highest BCUT2D eigenvalue weighted by molar-refractivity contribution is 7.99. The predicted octanol–water partition coefficient (Wildman–Crippen LogP) is 6.74. The van der Waals surface area contributed by atoms with E-state index in [9.17, 15) is 19.7 Å². The number of nitro benzene ring substituents is 1. The summed E-state index contributed by atoms with van der Waals surface area (Å²) in [6, 6.07) is 13.2. The van der Waals surface area contributed by atoms with Gasteiger partial charge in [0.25, 0.3) is 11.2 Å². The Labute approximate surface area is 245 Å². The first-order valence-electron chi connectivity index (χ1n) is 12.3. The topological polar surface area (TPSA) is 120 Å². The number of fused-ring (bicyclic) bond motifs is 3. The third-order valence-corrected chi connectivity index (χ3v) is 9.61. The van der Waals surface area contributed by atoms with Crippen LogP contribution in [0.3, 0.4) is 0 Å². The first-order chi connectivity index (χ1) is 19.4. The summed E-state index contributed by atoms with van der Waals surface area (Å²) >= 11 is 10.1. The van der Waals surface area contributed by atoms with Crippen LogP contribution in [0.4, 0.5) is 10.8 Å². The van der Waals surface area contributed by atoms with E-state index in [4.69, 9.17) is 16.6 Å². The van der Waals surface area contributed by atoms with Crippen molar-refractivity contribution in [2.45, 2.75) is 30.8 Å². The number of amides is 1. The Hall–Kier alpha value is -3.58. The van der Waals surface area contributed by atoms with Gasteiger partial charge in [0.1, 0.15) is 4.83 Å². The van der Waals surface area contributed by atoms with Gasteiger partial charge in [0, 0.05) is 33.0 Å². The highest BCUT2D eigenvalue weighted by atomic mass is 35.5. The molecule has 1 N–H and O–H groups in total.